The SMILES string of the molecule is CC(C)CNC(=N)CCl. The van der Waals surface area contributed by atoms with Crippen molar-refractivity contribution in [1.82, 2.24) is 5.32 Å². The molecule has 0 aliphatic carbocycles. The van der Waals surface area contributed by atoms with Gasteiger partial charge in [-0.05, 0) is 5.92 Å². The zero-order chi connectivity index (χ0) is 7.28. The van der Waals surface area contributed by atoms with Crippen molar-refractivity contribution in [2.24, 2.45) is 5.92 Å². The number of amidine groups is 1. The lowest BCUT2D eigenvalue weighted by molar-refractivity contribution is 0.623. The van der Waals surface area contributed by atoms with Crippen LogP contribution in [0.3, 0.4) is 0 Å². The van der Waals surface area contributed by atoms with Gasteiger partial charge in [-0.2, -0.15) is 0 Å². The van der Waals surface area contributed by atoms with Gasteiger partial charge in [-0.25, -0.2) is 0 Å². The fourth-order valence-electron chi connectivity index (χ4n) is 0.375. The molecule has 0 bridgehead atoms. The molecule has 0 aliphatic rings. The normalized spacial score (nSPS) is 9.78. The minimum Gasteiger partial charge on any atom is -0.373 e. The van der Waals surface area contributed by atoms with Gasteiger partial charge in [0.15, 0.2) is 0 Å². The fraction of sp³-hybridized carbons (Fsp3) is 0.833. The maximum atomic E-state index is 7.09. The molecule has 0 aromatic heterocycles. The summed E-state index contributed by atoms with van der Waals surface area (Å²) in [5, 5.41) is 9.97. The Kier molecular flexibility index (Phi) is 4.50. The zero-order valence-electron chi connectivity index (χ0n) is 5.87. The minimum atomic E-state index is 0.284. The van der Waals surface area contributed by atoms with Crippen LogP contribution in [0.1, 0.15) is 13.8 Å². The highest BCUT2D eigenvalue weighted by molar-refractivity contribution is 6.27. The topological polar surface area (TPSA) is 35.9 Å². The first kappa shape index (κ1) is 8.76. The summed E-state index contributed by atoms with van der Waals surface area (Å²) in [5.41, 5.74) is 0. The Labute approximate surface area is 61.1 Å². The summed E-state index contributed by atoms with van der Waals surface area (Å²) in [7, 11) is 0. The van der Waals surface area contributed by atoms with Crippen LogP contribution in [-0.2, 0) is 0 Å². The standard InChI is InChI=1S/C6H13ClN2/c1-5(2)4-9-6(8)3-7/h5H,3-4H2,1-2H3,(H2,8,9). The van der Waals surface area contributed by atoms with Gasteiger partial charge in [-0.3, -0.25) is 5.41 Å². The Morgan fingerprint density at radius 2 is 2.22 bits per heavy atom. The molecular weight excluding hydrogens is 136 g/mol. The van der Waals surface area contributed by atoms with Gasteiger partial charge in [0.1, 0.15) is 5.84 Å². The van der Waals surface area contributed by atoms with Crippen molar-refractivity contribution >= 4 is 17.4 Å². The van der Waals surface area contributed by atoms with Gasteiger partial charge in [0.2, 0.25) is 0 Å². The Hall–Kier alpha value is -0.240. The largest absolute Gasteiger partial charge is 0.373 e. The number of rotatable bonds is 3. The lowest BCUT2D eigenvalue weighted by Crippen LogP contribution is -2.27. The van der Waals surface area contributed by atoms with Crippen molar-refractivity contribution in [3.63, 3.8) is 0 Å². The summed E-state index contributed by atoms with van der Waals surface area (Å²) < 4.78 is 0. The summed E-state index contributed by atoms with van der Waals surface area (Å²) in [4.78, 5) is 0. The van der Waals surface area contributed by atoms with Gasteiger partial charge in [-0.15, -0.1) is 11.6 Å². The number of hydrogen-bond acceptors (Lipinski definition) is 1. The summed E-state index contributed by atoms with van der Waals surface area (Å²) in [6.07, 6.45) is 0. The minimum absolute atomic E-state index is 0.284. The third-order valence-electron chi connectivity index (χ3n) is 0.857. The summed E-state index contributed by atoms with van der Waals surface area (Å²) in [6, 6.07) is 0. The molecule has 0 amide bonds. The second-order valence-electron chi connectivity index (χ2n) is 2.39. The number of nitrogens with one attached hydrogen (secondary N) is 2. The molecule has 0 fully saturated rings. The first-order chi connectivity index (χ1) is 4.16. The third kappa shape index (κ3) is 5.63. The highest BCUT2D eigenvalue weighted by atomic mass is 35.5. The molecule has 0 saturated heterocycles. The Morgan fingerprint density at radius 3 is 2.56 bits per heavy atom. The molecule has 0 aromatic carbocycles. The summed E-state index contributed by atoms with van der Waals surface area (Å²) in [5.74, 6) is 1.27. The van der Waals surface area contributed by atoms with E-state index in [1.165, 1.54) is 0 Å². The van der Waals surface area contributed by atoms with Gasteiger partial charge in [0, 0.05) is 6.54 Å². The molecule has 0 aliphatic heterocycles. The van der Waals surface area contributed by atoms with E-state index >= 15 is 0 Å². The Morgan fingerprint density at radius 1 is 1.67 bits per heavy atom. The molecule has 3 heteroatoms. The number of halogens is 1. The fourth-order valence-corrected chi connectivity index (χ4v) is 0.469. The van der Waals surface area contributed by atoms with Gasteiger partial charge >= 0.3 is 0 Å². The van der Waals surface area contributed by atoms with Crippen molar-refractivity contribution in [1.29, 1.82) is 5.41 Å². The quantitative estimate of drug-likeness (QED) is 0.355. The van der Waals surface area contributed by atoms with Crippen LogP contribution in [-0.4, -0.2) is 18.3 Å². The van der Waals surface area contributed by atoms with E-state index in [4.69, 9.17) is 17.0 Å². The molecule has 2 nitrogen and oxygen atoms in total. The molecule has 0 spiro atoms. The van der Waals surface area contributed by atoms with Crippen molar-refractivity contribution in [2.75, 3.05) is 12.4 Å². The maximum Gasteiger partial charge on any atom is 0.108 e. The second kappa shape index (κ2) is 4.62. The number of alkyl halides is 1. The van der Waals surface area contributed by atoms with E-state index in [0.717, 1.165) is 6.54 Å². The number of hydrogen-bond donors (Lipinski definition) is 2. The molecule has 54 valence electrons. The zero-order valence-corrected chi connectivity index (χ0v) is 6.63. The Bertz CT molecular complexity index is 91.1. The third-order valence-corrected chi connectivity index (χ3v) is 1.12. The van der Waals surface area contributed by atoms with Crippen molar-refractivity contribution < 1.29 is 0 Å². The molecule has 0 heterocycles. The van der Waals surface area contributed by atoms with Crippen LogP contribution >= 0.6 is 11.6 Å². The second-order valence-corrected chi connectivity index (χ2v) is 2.65. The molecular formula is C6H13ClN2. The molecule has 0 rings (SSSR count). The molecule has 2 N–H and O–H groups in total. The monoisotopic (exact) mass is 148 g/mol. The van der Waals surface area contributed by atoms with Crippen LogP contribution < -0.4 is 5.32 Å². The molecule has 0 unspecified atom stereocenters. The van der Waals surface area contributed by atoms with Crippen LogP contribution in [0.2, 0.25) is 0 Å². The van der Waals surface area contributed by atoms with Crippen LogP contribution in [0.5, 0.6) is 0 Å². The van der Waals surface area contributed by atoms with E-state index in [0.29, 0.717) is 11.8 Å². The lowest BCUT2D eigenvalue weighted by atomic mass is 10.2. The van der Waals surface area contributed by atoms with Crippen LogP contribution in [0.25, 0.3) is 0 Å². The maximum absolute atomic E-state index is 7.09. The molecule has 0 atom stereocenters. The molecule has 9 heavy (non-hydrogen) atoms. The highest BCUT2D eigenvalue weighted by Gasteiger charge is 1.94. The van der Waals surface area contributed by atoms with Crippen LogP contribution in [0.4, 0.5) is 0 Å². The van der Waals surface area contributed by atoms with E-state index in [-0.39, 0.29) is 5.88 Å². The lowest BCUT2D eigenvalue weighted by Gasteiger charge is -2.06. The van der Waals surface area contributed by atoms with E-state index in [1.54, 1.807) is 0 Å². The van der Waals surface area contributed by atoms with Gasteiger partial charge < -0.3 is 5.32 Å². The van der Waals surface area contributed by atoms with E-state index in [2.05, 4.69) is 19.2 Å². The summed E-state index contributed by atoms with van der Waals surface area (Å²) in [6.45, 7) is 5.02. The van der Waals surface area contributed by atoms with Crippen molar-refractivity contribution in [3.05, 3.63) is 0 Å². The molecule has 0 radical (unpaired) electrons. The predicted octanol–water partition coefficient (Wildman–Crippen LogP) is 1.45. The van der Waals surface area contributed by atoms with E-state index in [9.17, 15) is 0 Å². The van der Waals surface area contributed by atoms with Crippen LogP contribution in [0.15, 0.2) is 0 Å². The van der Waals surface area contributed by atoms with E-state index < -0.39 is 0 Å². The first-order valence-electron chi connectivity index (χ1n) is 3.04. The average Bonchev–Trinajstić information content (AvgIpc) is 1.83. The highest BCUT2D eigenvalue weighted by Crippen LogP contribution is 1.86. The predicted molar refractivity (Wildman–Crippen MR) is 41.3 cm³/mol. The van der Waals surface area contributed by atoms with Crippen LogP contribution in [0, 0.1) is 11.3 Å². The smallest absolute Gasteiger partial charge is 0.108 e. The van der Waals surface area contributed by atoms with Crippen molar-refractivity contribution in [3.8, 4) is 0 Å². The van der Waals surface area contributed by atoms with Gasteiger partial charge in [0.25, 0.3) is 0 Å². The molecule has 0 saturated carbocycles. The molecule has 0 aromatic rings. The van der Waals surface area contributed by atoms with Crippen molar-refractivity contribution in [2.45, 2.75) is 13.8 Å². The van der Waals surface area contributed by atoms with E-state index in [1.807, 2.05) is 0 Å². The Balaban J connectivity index is 3.17. The summed E-state index contributed by atoms with van der Waals surface area (Å²) >= 11 is 5.35. The first-order valence-corrected chi connectivity index (χ1v) is 3.57. The van der Waals surface area contributed by atoms with Gasteiger partial charge in [0.05, 0.1) is 5.88 Å². The van der Waals surface area contributed by atoms with Gasteiger partial charge in [-0.1, -0.05) is 13.8 Å². The average molecular weight is 149 g/mol.